The largest absolute Gasteiger partial charge is 0.208 e. The van der Waals surface area contributed by atoms with Gasteiger partial charge in [-0.2, -0.15) is 4.80 Å². The molecule has 0 amide bonds. The molecule has 0 unspecified atom stereocenters. The van der Waals surface area contributed by atoms with Crippen LogP contribution < -0.4 is 0 Å². The first kappa shape index (κ1) is 23.2. The van der Waals surface area contributed by atoms with Crippen LogP contribution in [0.15, 0.2) is 133 Å². The maximum absolute atomic E-state index is 4.91. The zero-order valence-corrected chi connectivity index (χ0v) is 21.9. The van der Waals surface area contributed by atoms with Gasteiger partial charge in [0.2, 0.25) is 0 Å². The zero-order valence-electron chi connectivity index (χ0n) is 21.9. The summed E-state index contributed by atoms with van der Waals surface area (Å²) in [4.78, 5) is 16.3. The second-order valence-corrected chi connectivity index (χ2v) is 9.90. The molecule has 0 atom stereocenters. The van der Waals surface area contributed by atoms with Gasteiger partial charge in [-0.3, -0.25) is 0 Å². The molecule has 8 aromatic rings. The van der Waals surface area contributed by atoms with Crippen molar-refractivity contribution >= 4 is 32.6 Å². The van der Waals surface area contributed by atoms with Crippen molar-refractivity contribution in [3.8, 4) is 39.9 Å². The van der Waals surface area contributed by atoms with Gasteiger partial charge < -0.3 is 0 Å². The summed E-state index contributed by atoms with van der Waals surface area (Å²) in [6, 6.07) is 44.9. The Morgan fingerprint density at radius 2 is 1.00 bits per heavy atom. The van der Waals surface area contributed by atoms with E-state index in [1.807, 2.05) is 97.1 Å². The van der Waals surface area contributed by atoms with E-state index in [1.165, 1.54) is 0 Å². The highest BCUT2D eigenvalue weighted by molar-refractivity contribution is 6.18. The zero-order chi connectivity index (χ0) is 27.2. The number of benzene rings is 6. The Bertz CT molecular complexity index is 2130. The summed E-state index contributed by atoms with van der Waals surface area (Å²) in [5.74, 6) is 1.92. The molecule has 0 radical (unpaired) electrons. The fourth-order valence-electron chi connectivity index (χ4n) is 5.28. The van der Waals surface area contributed by atoms with E-state index < -0.39 is 0 Å². The van der Waals surface area contributed by atoms with Gasteiger partial charge in [0.1, 0.15) is 11.0 Å². The van der Waals surface area contributed by atoms with Crippen molar-refractivity contribution in [1.82, 2.24) is 29.9 Å². The molecule has 0 spiro atoms. The quantitative estimate of drug-likeness (QED) is 0.218. The third-order valence-electron chi connectivity index (χ3n) is 7.29. The minimum absolute atomic E-state index is 0.632. The molecule has 6 nitrogen and oxygen atoms in total. The molecule has 0 aliphatic heterocycles. The molecule has 0 aliphatic carbocycles. The second kappa shape index (κ2) is 9.47. The Kier molecular flexibility index (Phi) is 5.35. The third kappa shape index (κ3) is 4.10. The Morgan fingerprint density at radius 3 is 1.66 bits per heavy atom. The van der Waals surface area contributed by atoms with E-state index in [-0.39, 0.29) is 0 Å². The Balaban J connectivity index is 1.31. The molecule has 0 N–H and O–H groups in total. The van der Waals surface area contributed by atoms with Gasteiger partial charge in [0.15, 0.2) is 17.5 Å². The van der Waals surface area contributed by atoms with Crippen LogP contribution in [0.3, 0.4) is 0 Å². The van der Waals surface area contributed by atoms with Crippen molar-refractivity contribution in [2.75, 3.05) is 0 Å². The topological polar surface area (TPSA) is 69.4 Å². The number of aromatic nitrogens is 6. The van der Waals surface area contributed by atoms with E-state index in [2.05, 4.69) is 36.4 Å². The number of para-hydroxylation sites is 1. The predicted molar refractivity (Wildman–Crippen MR) is 164 cm³/mol. The maximum Gasteiger partial charge on any atom is 0.164 e. The van der Waals surface area contributed by atoms with Gasteiger partial charge in [0.05, 0.1) is 5.69 Å². The van der Waals surface area contributed by atoms with Crippen LogP contribution in [0.4, 0.5) is 0 Å². The molecule has 0 saturated carbocycles. The van der Waals surface area contributed by atoms with E-state index in [1.54, 1.807) is 4.80 Å². The highest BCUT2D eigenvalue weighted by Gasteiger charge is 2.15. The van der Waals surface area contributed by atoms with Crippen LogP contribution in [0.1, 0.15) is 0 Å². The fraction of sp³-hybridized carbons (Fsp3) is 0. The molecule has 0 fully saturated rings. The first-order valence-corrected chi connectivity index (χ1v) is 13.5. The minimum atomic E-state index is 0.632. The molecular weight excluding hydrogens is 504 g/mol. The van der Waals surface area contributed by atoms with Crippen LogP contribution in [-0.2, 0) is 0 Å². The van der Waals surface area contributed by atoms with Gasteiger partial charge in [-0.25, -0.2) is 15.0 Å². The summed E-state index contributed by atoms with van der Waals surface area (Å²) < 4.78 is 0. The molecule has 2 aromatic heterocycles. The monoisotopic (exact) mass is 526 g/mol. The molecule has 192 valence electrons. The molecule has 0 aliphatic rings. The molecule has 2 heterocycles. The first-order chi connectivity index (χ1) is 20.3. The summed E-state index contributed by atoms with van der Waals surface area (Å²) in [6.45, 7) is 0. The Hall–Kier alpha value is -5.75. The summed E-state index contributed by atoms with van der Waals surface area (Å²) in [6.07, 6.45) is 0. The predicted octanol–water partition coefficient (Wildman–Crippen LogP) is 7.91. The minimum Gasteiger partial charge on any atom is -0.208 e. The lowest BCUT2D eigenvalue weighted by molar-refractivity contribution is 0.766. The molecule has 6 aromatic carbocycles. The van der Waals surface area contributed by atoms with Gasteiger partial charge >= 0.3 is 0 Å². The van der Waals surface area contributed by atoms with Crippen LogP contribution in [0.5, 0.6) is 0 Å². The highest BCUT2D eigenvalue weighted by atomic mass is 15.5. The van der Waals surface area contributed by atoms with Crippen molar-refractivity contribution in [3.63, 3.8) is 0 Å². The molecular formula is C35H22N6. The van der Waals surface area contributed by atoms with Crippen LogP contribution in [0.2, 0.25) is 0 Å². The highest BCUT2D eigenvalue weighted by Crippen LogP contribution is 2.33. The maximum atomic E-state index is 4.91. The summed E-state index contributed by atoms with van der Waals surface area (Å²) in [5, 5.41) is 14.1. The normalized spacial score (nSPS) is 11.4. The summed E-state index contributed by atoms with van der Waals surface area (Å²) in [7, 11) is 0. The van der Waals surface area contributed by atoms with Gasteiger partial charge in [0.25, 0.3) is 0 Å². The average molecular weight is 527 g/mol. The standard InChI is InChI=1S/C35H22N6/c1-4-10-24(11-5-1)33-36-34(25-12-6-2-7-13-25)38-35(37-33)27-18-20-29-26(22-27)17-16-23-19-21-30-32(31(23)29)40-41(39-30)28-14-8-3-9-15-28/h1-22H. The SMILES string of the molecule is c1ccc(-c2nc(-c3ccccc3)nc(-c3ccc4c(ccc5ccc6nn(-c7ccccc7)nc6c54)c3)n2)cc1. The average Bonchev–Trinajstić information content (AvgIpc) is 3.50. The van der Waals surface area contributed by atoms with Crippen LogP contribution >= 0.6 is 0 Å². The lowest BCUT2D eigenvalue weighted by Crippen LogP contribution is -2.00. The number of nitrogens with zero attached hydrogens (tertiary/aromatic N) is 6. The lowest BCUT2D eigenvalue weighted by atomic mass is 9.99. The van der Waals surface area contributed by atoms with Crippen LogP contribution in [0.25, 0.3) is 72.4 Å². The van der Waals surface area contributed by atoms with Crippen molar-refractivity contribution < 1.29 is 0 Å². The van der Waals surface area contributed by atoms with E-state index in [0.29, 0.717) is 17.5 Å². The summed E-state index contributed by atoms with van der Waals surface area (Å²) in [5.41, 5.74) is 5.48. The van der Waals surface area contributed by atoms with Crippen molar-refractivity contribution in [1.29, 1.82) is 0 Å². The number of hydrogen-bond acceptors (Lipinski definition) is 5. The van der Waals surface area contributed by atoms with Gasteiger partial charge in [-0.1, -0.05) is 109 Å². The molecule has 41 heavy (non-hydrogen) atoms. The fourth-order valence-corrected chi connectivity index (χ4v) is 5.28. The number of hydrogen-bond donors (Lipinski definition) is 0. The van der Waals surface area contributed by atoms with Crippen LogP contribution in [-0.4, -0.2) is 29.9 Å². The molecule has 6 heteroatoms. The van der Waals surface area contributed by atoms with Crippen LogP contribution in [0, 0.1) is 0 Å². The van der Waals surface area contributed by atoms with E-state index in [9.17, 15) is 0 Å². The van der Waals surface area contributed by atoms with Gasteiger partial charge in [-0.05, 0) is 40.4 Å². The number of rotatable bonds is 4. The summed E-state index contributed by atoms with van der Waals surface area (Å²) >= 11 is 0. The Labute approximate surface area is 235 Å². The van der Waals surface area contributed by atoms with E-state index in [0.717, 1.165) is 55.0 Å². The van der Waals surface area contributed by atoms with Crippen molar-refractivity contribution in [3.05, 3.63) is 133 Å². The number of fused-ring (bicyclic) bond motifs is 5. The second-order valence-electron chi connectivity index (χ2n) is 9.90. The smallest absolute Gasteiger partial charge is 0.164 e. The van der Waals surface area contributed by atoms with E-state index >= 15 is 0 Å². The molecule has 0 bridgehead atoms. The first-order valence-electron chi connectivity index (χ1n) is 13.5. The third-order valence-corrected chi connectivity index (χ3v) is 7.29. The molecule has 0 saturated heterocycles. The van der Waals surface area contributed by atoms with Crippen molar-refractivity contribution in [2.45, 2.75) is 0 Å². The van der Waals surface area contributed by atoms with Crippen molar-refractivity contribution in [2.24, 2.45) is 0 Å². The van der Waals surface area contributed by atoms with Gasteiger partial charge in [0, 0.05) is 22.1 Å². The van der Waals surface area contributed by atoms with E-state index in [4.69, 9.17) is 25.1 Å². The van der Waals surface area contributed by atoms with Gasteiger partial charge in [-0.15, -0.1) is 10.2 Å². The Morgan fingerprint density at radius 1 is 0.439 bits per heavy atom. The molecule has 8 rings (SSSR count). The lowest BCUT2D eigenvalue weighted by Gasteiger charge is -2.10.